The van der Waals surface area contributed by atoms with Gasteiger partial charge in [-0.05, 0) is 32.4 Å². The molecule has 1 nitrogen and oxygen atoms in total. The SMILES string of the molecule is CC1=CC(F)(F)C(C)=C(C)C1=O. The fraction of sp³-hybridized carbons (Fsp3) is 0.444. The first-order chi connectivity index (χ1) is 5.36. The van der Waals surface area contributed by atoms with Crippen LogP contribution < -0.4 is 0 Å². The Bertz CT molecular complexity index is 298. The van der Waals surface area contributed by atoms with Crippen LogP contribution in [0.1, 0.15) is 20.8 Å². The molecule has 1 aliphatic rings. The molecule has 0 bridgehead atoms. The minimum Gasteiger partial charge on any atom is -0.289 e. The van der Waals surface area contributed by atoms with Crippen molar-refractivity contribution >= 4 is 5.78 Å². The van der Waals surface area contributed by atoms with E-state index in [0.717, 1.165) is 6.08 Å². The normalized spacial score (nSPS) is 22.8. The quantitative estimate of drug-likeness (QED) is 0.548. The lowest BCUT2D eigenvalue weighted by Crippen LogP contribution is -2.24. The predicted octanol–water partition coefficient (Wildman–Crippen LogP) is 2.49. The van der Waals surface area contributed by atoms with Crippen molar-refractivity contribution in [3.63, 3.8) is 0 Å². The van der Waals surface area contributed by atoms with Crippen LogP contribution in [0, 0.1) is 0 Å². The minimum atomic E-state index is -2.94. The van der Waals surface area contributed by atoms with Crippen LogP contribution in [0.3, 0.4) is 0 Å². The van der Waals surface area contributed by atoms with Gasteiger partial charge < -0.3 is 0 Å². The van der Waals surface area contributed by atoms with E-state index < -0.39 is 5.92 Å². The molecule has 0 saturated carbocycles. The number of carbonyl (C=O) groups is 1. The maximum Gasteiger partial charge on any atom is 0.288 e. The van der Waals surface area contributed by atoms with Gasteiger partial charge in [-0.3, -0.25) is 4.79 Å². The van der Waals surface area contributed by atoms with Crippen molar-refractivity contribution in [2.45, 2.75) is 26.7 Å². The van der Waals surface area contributed by atoms with Crippen molar-refractivity contribution < 1.29 is 13.6 Å². The van der Waals surface area contributed by atoms with Gasteiger partial charge in [0.2, 0.25) is 0 Å². The lowest BCUT2D eigenvalue weighted by molar-refractivity contribution is -0.112. The van der Waals surface area contributed by atoms with Crippen molar-refractivity contribution in [3.8, 4) is 0 Å². The first kappa shape index (κ1) is 9.10. The Morgan fingerprint density at radius 1 is 1.25 bits per heavy atom. The second kappa shape index (κ2) is 2.51. The third kappa shape index (κ3) is 1.19. The summed E-state index contributed by atoms with van der Waals surface area (Å²) < 4.78 is 26.0. The van der Waals surface area contributed by atoms with Crippen molar-refractivity contribution in [1.29, 1.82) is 0 Å². The number of carbonyl (C=O) groups excluding carboxylic acids is 1. The molecule has 0 amide bonds. The van der Waals surface area contributed by atoms with Crippen LogP contribution in [0.15, 0.2) is 22.8 Å². The van der Waals surface area contributed by atoms with E-state index in [1.165, 1.54) is 20.8 Å². The Balaban J connectivity index is 3.24. The van der Waals surface area contributed by atoms with E-state index in [1.807, 2.05) is 0 Å². The summed E-state index contributed by atoms with van der Waals surface area (Å²) in [5.74, 6) is -3.22. The van der Waals surface area contributed by atoms with Crippen LogP contribution in [0.5, 0.6) is 0 Å². The van der Waals surface area contributed by atoms with Crippen LogP contribution in [0.4, 0.5) is 8.78 Å². The Hall–Kier alpha value is -0.990. The van der Waals surface area contributed by atoms with Crippen molar-refractivity contribution in [1.82, 2.24) is 0 Å². The van der Waals surface area contributed by atoms with Crippen molar-refractivity contribution in [2.24, 2.45) is 0 Å². The zero-order valence-electron chi connectivity index (χ0n) is 7.24. The summed E-state index contributed by atoms with van der Waals surface area (Å²) in [4.78, 5) is 11.2. The highest BCUT2D eigenvalue weighted by Crippen LogP contribution is 2.33. The van der Waals surface area contributed by atoms with Gasteiger partial charge in [0, 0.05) is 11.1 Å². The topological polar surface area (TPSA) is 17.1 Å². The van der Waals surface area contributed by atoms with Crippen molar-refractivity contribution in [3.05, 3.63) is 22.8 Å². The molecule has 12 heavy (non-hydrogen) atoms. The summed E-state index contributed by atoms with van der Waals surface area (Å²) in [5.41, 5.74) is 0.154. The zero-order chi connectivity index (χ0) is 9.52. The molecule has 3 heteroatoms. The predicted molar refractivity (Wildman–Crippen MR) is 42.1 cm³/mol. The number of halogens is 2. The Labute approximate surface area is 69.8 Å². The molecule has 0 radical (unpaired) electrons. The molecule has 0 atom stereocenters. The van der Waals surface area contributed by atoms with Gasteiger partial charge in [-0.2, -0.15) is 8.78 Å². The molecule has 1 rings (SSSR count). The molecule has 0 fully saturated rings. The lowest BCUT2D eigenvalue weighted by Gasteiger charge is -2.21. The molecule has 0 N–H and O–H groups in total. The average Bonchev–Trinajstić information content (AvgIpc) is 1.97. The van der Waals surface area contributed by atoms with E-state index in [4.69, 9.17) is 0 Å². The third-order valence-corrected chi connectivity index (χ3v) is 2.16. The van der Waals surface area contributed by atoms with E-state index in [2.05, 4.69) is 0 Å². The molecule has 0 unspecified atom stereocenters. The highest BCUT2D eigenvalue weighted by molar-refractivity contribution is 6.09. The van der Waals surface area contributed by atoms with E-state index in [0.29, 0.717) is 0 Å². The first-order valence-corrected chi connectivity index (χ1v) is 3.66. The number of hydrogen-bond donors (Lipinski definition) is 0. The summed E-state index contributed by atoms with van der Waals surface area (Å²) in [6.07, 6.45) is 0.720. The van der Waals surface area contributed by atoms with E-state index in [-0.39, 0.29) is 22.5 Å². The fourth-order valence-electron chi connectivity index (χ4n) is 1.16. The molecular formula is C9H10F2O. The summed E-state index contributed by atoms with van der Waals surface area (Å²) in [6, 6.07) is 0. The maximum absolute atomic E-state index is 13.0. The van der Waals surface area contributed by atoms with E-state index in [1.54, 1.807) is 0 Å². The van der Waals surface area contributed by atoms with Crippen molar-refractivity contribution in [2.75, 3.05) is 0 Å². The zero-order valence-corrected chi connectivity index (χ0v) is 7.24. The molecule has 0 aromatic heterocycles. The van der Waals surface area contributed by atoms with Crippen LogP contribution in [0.25, 0.3) is 0 Å². The van der Waals surface area contributed by atoms with Gasteiger partial charge in [-0.25, -0.2) is 0 Å². The van der Waals surface area contributed by atoms with Crippen LogP contribution in [-0.2, 0) is 4.79 Å². The Morgan fingerprint density at radius 3 is 2.25 bits per heavy atom. The molecule has 1 aliphatic carbocycles. The Kier molecular flexibility index (Phi) is 1.90. The monoisotopic (exact) mass is 172 g/mol. The van der Waals surface area contributed by atoms with Gasteiger partial charge in [-0.1, -0.05) is 0 Å². The Morgan fingerprint density at radius 2 is 1.75 bits per heavy atom. The van der Waals surface area contributed by atoms with Crippen LogP contribution >= 0.6 is 0 Å². The summed E-state index contributed by atoms with van der Waals surface area (Å²) in [7, 11) is 0. The molecule has 66 valence electrons. The second-order valence-corrected chi connectivity index (χ2v) is 3.03. The molecule has 0 aliphatic heterocycles. The molecule has 0 aromatic rings. The number of hydrogen-bond acceptors (Lipinski definition) is 1. The number of allylic oxidation sites excluding steroid dienone is 4. The highest BCUT2D eigenvalue weighted by atomic mass is 19.3. The molecule has 0 saturated heterocycles. The van der Waals surface area contributed by atoms with Gasteiger partial charge in [0.15, 0.2) is 5.78 Å². The highest BCUT2D eigenvalue weighted by Gasteiger charge is 2.36. The largest absolute Gasteiger partial charge is 0.289 e. The lowest BCUT2D eigenvalue weighted by atomic mass is 9.90. The number of Topliss-reactive ketones (excluding diaryl/α,β-unsaturated/α-hetero) is 1. The summed E-state index contributed by atoms with van der Waals surface area (Å²) in [5, 5.41) is 0. The third-order valence-electron chi connectivity index (χ3n) is 2.16. The number of alkyl halides is 2. The van der Waals surface area contributed by atoms with E-state index >= 15 is 0 Å². The minimum absolute atomic E-state index is 0.128. The van der Waals surface area contributed by atoms with Gasteiger partial charge in [0.05, 0.1) is 0 Å². The first-order valence-electron chi connectivity index (χ1n) is 3.66. The fourth-order valence-corrected chi connectivity index (χ4v) is 1.16. The molecule has 0 heterocycles. The molecular weight excluding hydrogens is 162 g/mol. The smallest absolute Gasteiger partial charge is 0.288 e. The molecule has 0 aromatic carbocycles. The summed E-state index contributed by atoms with van der Waals surface area (Å²) >= 11 is 0. The van der Waals surface area contributed by atoms with Gasteiger partial charge in [0.25, 0.3) is 5.92 Å². The maximum atomic E-state index is 13.0. The second-order valence-electron chi connectivity index (χ2n) is 3.03. The van der Waals surface area contributed by atoms with Gasteiger partial charge in [0.1, 0.15) is 0 Å². The standard InChI is InChI=1S/C9H10F2O/c1-5-4-9(10,11)7(3)6(2)8(5)12/h4H,1-3H3. The molecule has 0 spiro atoms. The number of ketones is 1. The van der Waals surface area contributed by atoms with Gasteiger partial charge in [-0.15, -0.1) is 0 Å². The van der Waals surface area contributed by atoms with E-state index in [9.17, 15) is 13.6 Å². The summed E-state index contributed by atoms with van der Waals surface area (Å²) in [6.45, 7) is 4.13. The van der Waals surface area contributed by atoms with Crippen LogP contribution in [0.2, 0.25) is 0 Å². The number of rotatable bonds is 0. The average molecular weight is 172 g/mol. The van der Waals surface area contributed by atoms with Gasteiger partial charge >= 0.3 is 0 Å². The van der Waals surface area contributed by atoms with Crippen LogP contribution in [-0.4, -0.2) is 11.7 Å².